The second-order valence-corrected chi connectivity index (χ2v) is 6.08. The molecule has 0 spiro atoms. The second kappa shape index (κ2) is 5.27. The Morgan fingerprint density at radius 3 is 3.11 bits per heavy atom. The van der Waals surface area contributed by atoms with Crippen LogP contribution in [0.5, 0.6) is 0 Å². The van der Waals surface area contributed by atoms with Crippen LogP contribution in [-0.2, 0) is 9.53 Å². The van der Waals surface area contributed by atoms with Crippen LogP contribution >= 0.6 is 0 Å². The molecule has 3 heterocycles. The van der Waals surface area contributed by atoms with Gasteiger partial charge in [0.15, 0.2) is 0 Å². The first-order valence-corrected chi connectivity index (χ1v) is 7.34. The number of piperidine rings is 1. The van der Waals surface area contributed by atoms with Gasteiger partial charge < -0.3 is 4.74 Å². The van der Waals surface area contributed by atoms with Crippen LogP contribution in [0.2, 0.25) is 0 Å². The number of likely N-dealkylation sites (tertiary alicyclic amines) is 1. The van der Waals surface area contributed by atoms with Crippen LogP contribution < -0.4 is 0 Å². The maximum absolute atomic E-state index is 11.4. The highest BCUT2D eigenvalue weighted by molar-refractivity contribution is 5.79. The Morgan fingerprint density at radius 1 is 1.39 bits per heavy atom. The number of morpholine rings is 1. The Bertz CT molecular complexity index is 321. The lowest BCUT2D eigenvalue weighted by Gasteiger charge is -2.40. The first kappa shape index (κ1) is 12.6. The third kappa shape index (κ3) is 2.60. The molecule has 0 saturated carbocycles. The first-order chi connectivity index (χ1) is 8.72. The summed E-state index contributed by atoms with van der Waals surface area (Å²) in [5.74, 6) is 0.419. The summed E-state index contributed by atoms with van der Waals surface area (Å²) >= 11 is 0. The molecule has 3 atom stereocenters. The Balaban J connectivity index is 1.52. The van der Waals surface area contributed by atoms with Crippen LogP contribution in [0, 0.1) is 0 Å². The predicted octanol–water partition coefficient (Wildman–Crippen LogP) is 0.903. The van der Waals surface area contributed by atoms with Gasteiger partial charge in [0.25, 0.3) is 0 Å². The minimum Gasteiger partial charge on any atom is -0.374 e. The molecule has 3 aliphatic rings. The Hall–Kier alpha value is -0.450. The standard InChI is InChI=1S/C14H24N2O2/c1-11-7-13(17)4-6-15(11)8-14-9-16-5-2-3-12(16)10-18-14/h11-12,14H,2-10H2,1H3. The van der Waals surface area contributed by atoms with E-state index in [1.54, 1.807) is 0 Å². The van der Waals surface area contributed by atoms with Crippen molar-refractivity contribution in [1.29, 1.82) is 0 Å². The molecule has 3 rings (SSSR count). The van der Waals surface area contributed by atoms with E-state index in [1.807, 2.05) is 0 Å². The van der Waals surface area contributed by atoms with E-state index >= 15 is 0 Å². The molecule has 3 fully saturated rings. The van der Waals surface area contributed by atoms with E-state index in [1.165, 1.54) is 19.4 Å². The summed E-state index contributed by atoms with van der Waals surface area (Å²) < 4.78 is 6.00. The molecule has 0 aromatic carbocycles. The van der Waals surface area contributed by atoms with Crippen LogP contribution in [0.1, 0.15) is 32.6 Å². The van der Waals surface area contributed by atoms with E-state index in [0.29, 0.717) is 24.0 Å². The maximum Gasteiger partial charge on any atom is 0.135 e. The molecule has 18 heavy (non-hydrogen) atoms. The van der Waals surface area contributed by atoms with Gasteiger partial charge >= 0.3 is 0 Å². The van der Waals surface area contributed by atoms with E-state index in [0.717, 1.165) is 39.1 Å². The minimum atomic E-state index is 0.343. The quantitative estimate of drug-likeness (QED) is 0.731. The molecule has 3 aliphatic heterocycles. The molecule has 4 heteroatoms. The number of ether oxygens (including phenoxy) is 1. The fraction of sp³-hybridized carbons (Fsp3) is 0.929. The van der Waals surface area contributed by atoms with Crippen molar-refractivity contribution in [2.24, 2.45) is 0 Å². The van der Waals surface area contributed by atoms with Crippen molar-refractivity contribution in [3.05, 3.63) is 0 Å². The molecule has 0 N–H and O–H groups in total. The number of carbonyl (C=O) groups excluding carboxylic acids is 1. The van der Waals surface area contributed by atoms with Gasteiger partial charge in [-0.2, -0.15) is 0 Å². The lowest BCUT2D eigenvalue weighted by molar-refractivity contribution is -0.124. The van der Waals surface area contributed by atoms with Gasteiger partial charge in [0.2, 0.25) is 0 Å². The van der Waals surface area contributed by atoms with E-state index in [4.69, 9.17) is 4.74 Å². The van der Waals surface area contributed by atoms with Gasteiger partial charge in [0.1, 0.15) is 5.78 Å². The van der Waals surface area contributed by atoms with Gasteiger partial charge in [-0.1, -0.05) is 0 Å². The van der Waals surface area contributed by atoms with Gasteiger partial charge in [0, 0.05) is 44.6 Å². The summed E-state index contributed by atoms with van der Waals surface area (Å²) in [5.41, 5.74) is 0. The van der Waals surface area contributed by atoms with Crippen LogP contribution in [0.4, 0.5) is 0 Å². The zero-order chi connectivity index (χ0) is 12.5. The summed E-state index contributed by atoms with van der Waals surface area (Å²) in [7, 11) is 0. The van der Waals surface area contributed by atoms with Gasteiger partial charge in [-0.3, -0.25) is 14.6 Å². The molecule has 0 bridgehead atoms. The normalized spacial score (nSPS) is 38.9. The summed E-state index contributed by atoms with van der Waals surface area (Å²) in [5, 5.41) is 0. The fourth-order valence-electron chi connectivity index (χ4n) is 3.58. The van der Waals surface area contributed by atoms with Crippen molar-refractivity contribution >= 4 is 5.78 Å². The van der Waals surface area contributed by atoms with E-state index in [-0.39, 0.29) is 0 Å². The largest absolute Gasteiger partial charge is 0.374 e. The Morgan fingerprint density at radius 2 is 2.28 bits per heavy atom. The number of hydrogen-bond acceptors (Lipinski definition) is 4. The highest BCUT2D eigenvalue weighted by Crippen LogP contribution is 2.24. The van der Waals surface area contributed by atoms with Crippen molar-refractivity contribution in [2.45, 2.75) is 50.8 Å². The van der Waals surface area contributed by atoms with Gasteiger partial charge in [-0.15, -0.1) is 0 Å². The number of fused-ring (bicyclic) bond motifs is 1. The molecule has 4 nitrogen and oxygen atoms in total. The molecular weight excluding hydrogens is 228 g/mol. The minimum absolute atomic E-state index is 0.343. The number of rotatable bonds is 2. The topological polar surface area (TPSA) is 32.8 Å². The lowest BCUT2D eigenvalue weighted by atomic mass is 10.0. The second-order valence-electron chi connectivity index (χ2n) is 6.08. The molecule has 0 aromatic heterocycles. The van der Waals surface area contributed by atoms with Gasteiger partial charge in [0.05, 0.1) is 12.7 Å². The maximum atomic E-state index is 11.4. The fourth-order valence-corrected chi connectivity index (χ4v) is 3.58. The SMILES string of the molecule is CC1CC(=O)CCN1CC1CN2CCCC2CO1. The zero-order valence-corrected chi connectivity index (χ0v) is 11.3. The van der Waals surface area contributed by atoms with Crippen LogP contribution in [0.25, 0.3) is 0 Å². The van der Waals surface area contributed by atoms with Crippen LogP contribution in [0.15, 0.2) is 0 Å². The zero-order valence-electron chi connectivity index (χ0n) is 11.3. The highest BCUT2D eigenvalue weighted by Gasteiger charge is 2.34. The highest BCUT2D eigenvalue weighted by atomic mass is 16.5. The number of Topliss-reactive ketones (excluding diaryl/α,β-unsaturated/α-hetero) is 1. The molecule has 0 radical (unpaired) electrons. The predicted molar refractivity (Wildman–Crippen MR) is 69.6 cm³/mol. The number of hydrogen-bond donors (Lipinski definition) is 0. The average molecular weight is 252 g/mol. The van der Waals surface area contributed by atoms with Gasteiger partial charge in [-0.05, 0) is 26.3 Å². The van der Waals surface area contributed by atoms with Crippen LogP contribution in [0.3, 0.4) is 0 Å². The van der Waals surface area contributed by atoms with Crippen molar-refractivity contribution in [1.82, 2.24) is 9.80 Å². The van der Waals surface area contributed by atoms with Crippen molar-refractivity contribution in [3.8, 4) is 0 Å². The average Bonchev–Trinajstić information content (AvgIpc) is 2.80. The molecule has 0 aliphatic carbocycles. The molecule has 3 saturated heterocycles. The third-order valence-electron chi connectivity index (χ3n) is 4.72. The molecule has 3 unspecified atom stereocenters. The smallest absolute Gasteiger partial charge is 0.135 e. The van der Waals surface area contributed by atoms with Crippen molar-refractivity contribution in [3.63, 3.8) is 0 Å². The summed E-state index contributed by atoms with van der Waals surface area (Å²) in [6.45, 7) is 7.33. The summed E-state index contributed by atoms with van der Waals surface area (Å²) in [4.78, 5) is 16.4. The summed E-state index contributed by atoms with van der Waals surface area (Å²) in [6.07, 6.45) is 4.43. The molecule has 0 amide bonds. The number of carbonyl (C=O) groups is 1. The molecular formula is C14H24N2O2. The van der Waals surface area contributed by atoms with E-state index < -0.39 is 0 Å². The lowest BCUT2D eigenvalue weighted by Crippen LogP contribution is -2.52. The summed E-state index contributed by atoms with van der Waals surface area (Å²) in [6, 6.07) is 1.08. The molecule has 0 aromatic rings. The number of ketones is 1. The first-order valence-electron chi connectivity index (χ1n) is 7.34. The van der Waals surface area contributed by atoms with E-state index in [9.17, 15) is 4.79 Å². The van der Waals surface area contributed by atoms with E-state index in [2.05, 4.69) is 16.7 Å². The van der Waals surface area contributed by atoms with Gasteiger partial charge in [-0.25, -0.2) is 0 Å². The Kier molecular flexibility index (Phi) is 3.68. The molecule has 102 valence electrons. The van der Waals surface area contributed by atoms with Crippen LogP contribution in [-0.4, -0.2) is 66.6 Å². The monoisotopic (exact) mass is 252 g/mol. The Labute approximate surface area is 109 Å². The number of nitrogens with zero attached hydrogens (tertiary/aromatic N) is 2. The van der Waals surface area contributed by atoms with Crippen molar-refractivity contribution in [2.75, 3.05) is 32.8 Å². The van der Waals surface area contributed by atoms with Crippen molar-refractivity contribution < 1.29 is 9.53 Å². The third-order valence-corrected chi connectivity index (χ3v) is 4.72.